The molecule has 19 heavy (non-hydrogen) atoms. The van der Waals surface area contributed by atoms with Gasteiger partial charge in [-0.15, -0.1) is 0 Å². The van der Waals surface area contributed by atoms with E-state index in [0.717, 1.165) is 23.4 Å². The molecule has 0 bridgehead atoms. The van der Waals surface area contributed by atoms with Crippen LogP contribution in [0.25, 0.3) is 5.52 Å². The smallest absolute Gasteiger partial charge is 0.119 e. The van der Waals surface area contributed by atoms with Crippen LogP contribution in [0.3, 0.4) is 0 Å². The van der Waals surface area contributed by atoms with Crippen molar-refractivity contribution in [3.05, 3.63) is 66.0 Å². The molecule has 0 fully saturated rings. The Hall–Kier alpha value is -2.29. The third-order valence-electron chi connectivity index (χ3n) is 3.19. The monoisotopic (exact) mass is 252 g/mol. The summed E-state index contributed by atoms with van der Waals surface area (Å²) in [5, 5.41) is 4.58. The number of aryl methyl sites for hydroxylation is 1. The number of rotatable bonds is 4. The Labute approximate surface area is 112 Å². The lowest BCUT2D eigenvalue weighted by atomic mass is 10.2. The first kappa shape index (κ1) is 11.8. The maximum atomic E-state index is 5.85. The van der Waals surface area contributed by atoms with Gasteiger partial charge >= 0.3 is 0 Å². The van der Waals surface area contributed by atoms with Crippen molar-refractivity contribution in [2.24, 2.45) is 0 Å². The highest BCUT2D eigenvalue weighted by atomic mass is 16.5. The standard InChI is InChI=1S/C16H16N2O/c1-2-15-14(12-19-13-8-4-3-5-9-13)16-10-6-7-11-18(16)17-15/h3-11H,2,12H2,1H3. The minimum Gasteiger partial charge on any atom is -0.489 e. The second-order valence-corrected chi connectivity index (χ2v) is 4.41. The molecular weight excluding hydrogens is 236 g/mol. The molecule has 0 radical (unpaired) electrons. The van der Waals surface area contributed by atoms with E-state index in [1.54, 1.807) is 0 Å². The summed E-state index contributed by atoms with van der Waals surface area (Å²) >= 11 is 0. The highest BCUT2D eigenvalue weighted by molar-refractivity contribution is 5.56. The van der Waals surface area contributed by atoms with Crippen molar-refractivity contribution in [1.29, 1.82) is 0 Å². The molecule has 96 valence electrons. The molecule has 0 spiro atoms. The molecule has 3 heteroatoms. The molecule has 0 aliphatic rings. The number of para-hydroxylation sites is 1. The van der Waals surface area contributed by atoms with Gasteiger partial charge in [-0.3, -0.25) is 0 Å². The summed E-state index contributed by atoms with van der Waals surface area (Å²) in [6.07, 6.45) is 2.88. The Kier molecular flexibility index (Phi) is 3.19. The maximum absolute atomic E-state index is 5.85. The van der Waals surface area contributed by atoms with Crippen molar-refractivity contribution in [2.75, 3.05) is 0 Å². The van der Waals surface area contributed by atoms with Crippen LogP contribution in [0.15, 0.2) is 54.7 Å². The van der Waals surface area contributed by atoms with Crippen molar-refractivity contribution in [3.8, 4) is 5.75 Å². The van der Waals surface area contributed by atoms with E-state index in [1.807, 2.05) is 53.2 Å². The number of nitrogens with zero attached hydrogens (tertiary/aromatic N) is 2. The highest BCUT2D eigenvalue weighted by Gasteiger charge is 2.11. The first-order valence-corrected chi connectivity index (χ1v) is 6.51. The number of fused-ring (bicyclic) bond motifs is 1. The summed E-state index contributed by atoms with van der Waals surface area (Å²) in [5.41, 5.74) is 3.39. The Morgan fingerprint density at radius 2 is 1.84 bits per heavy atom. The zero-order valence-corrected chi connectivity index (χ0v) is 10.9. The van der Waals surface area contributed by atoms with Crippen molar-refractivity contribution in [3.63, 3.8) is 0 Å². The minimum atomic E-state index is 0.556. The molecule has 0 unspecified atom stereocenters. The van der Waals surface area contributed by atoms with Gasteiger partial charge in [0.2, 0.25) is 0 Å². The van der Waals surface area contributed by atoms with Crippen molar-refractivity contribution >= 4 is 5.52 Å². The van der Waals surface area contributed by atoms with Gasteiger partial charge in [-0.2, -0.15) is 5.10 Å². The fraction of sp³-hybridized carbons (Fsp3) is 0.188. The van der Waals surface area contributed by atoms with Crippen LogP contribution in [-0.4, -0.2) is 9.61 Å². The van der Waals surface area contributed by atoms with Gasteiger partial charge in [-0.05, 0) is 30.7 Å². The van der Waals surface area contributed by atoms with Crippen LogP contribution in [0.5, 0.6) is 5.75 Å². The van der Waals surface area contributed by atoms with Gasteiger partial charge in [0.15, 0.2) is 0 Å². The molecule has 0 N–H and O–H groups in total. The quantitative estimate of drug-likeness (QED) is 0.710. The number of aromatic nitrogens is 2. The predicted octanol–water partition coefficient (Wildman–Crippen LogP) is 3.48. The van der Waals surface area contributed by atoms with Gasteiger partial charge < -0.3 is 4.74 Å². The largest absolute Gasteiger partial charge is 0.489 e. The summed E-state index contributed by atoms with van der Waals surface area (Å²) < 4.78 is 7.77. The van der Waals surface area contributed by atoms with E-state index in [0.29, 0.717) is 6.61 Å². The summed E-state index contributed by atoms with van der Waals surface area (Å²) in [5.74, 6) is 0.889. The van der Waals surface area contributed by atoms with Crippen molar-refractivity contribution < 1.29 is 4.74 Å². The topological polar surface area (TPSA) is 26.5 Å². The van der Waals surface area contributed by atoms with Gasteiger partial charge in [0.05, 0.1) is 11.2 Å². The number of hydrogen-bond acceptors (Lipinski definition) is 2. The summed E-state index contributed by atoms with van der Waals surface area (Å²) in [7, 11) is 0. The number of ether oxygens (including phenoxy) is 1. The third-order valence-corrected chi connectivity index (χ3v) is 3.19. The molecule has 0 atom stereocenters. The van der Waals surface area contributed by atoms with E-state index < -0.39 is 0 Å². The Balaban J connectivity index is 1.91. The average molecular weight is 252 g/mol. The van der Waals surface area contributed by atoms with Gasteiger partial charge in [-0.25, -0.2) is 4.52 Å². The summed E-state index contributed by atoms with van der Waals surface area (Å²) in [6.45, 7) is 2.68. The molecule has 1 aromatic carbocycles. The Bertz CT molecular complexity index is 674. The normalized spacial score (nSPS) is 10.8. The summed E-state index contributed by atoms with van der Waals surface area (Å²) in [4.78, 5) is 0. The van der Waals surface area contributed by atoms with Crippen molar-refractivity contribution in [1.82, 2.24) is 9.61 Å². The number of pyridine rings is 1. The maximum Gasteiger partial charge on any atom is 0.119 e. The molecular formula is C16H16N2O. The Morgan fingerprint density at radius 3 is 2.63 bits per heavy atom. The first-order chi connectivity index (χ1) is 9.38. The Morgan fingerprint density at radius 1 is 1.05 bits per heavy atom. The second-order valence-electron chi connectivity index (χ2n) is 4.41. The molecule has 3 aromatic rings. The van der Waals surface area contributed by atoms with Crippen LogP contribution in [0, 0.1) is 0 Å². The zero-order chi connectivity index (χ0) is 13.1. The number of benzene rings is 1. The lowest BCUT2D eigenvalue weighted by Gasteiger charge is -2.06. The van der Waals surface area contributed by atoms with Crippen molar-refractivity contribution in [2.45, 2.75) is 20.0 Å². The van der Waals surface area contributed by atoms with Crippen LogP contribution in [0.1, 0.15) is 18.2 Å². The van der Waals surface area contributed by atoms with E-state index in [4.69, 9.17) is 4.74 Å². The predicted molar refractivity (Wildman–Crippen MR) is 75.3 cm³/mol. The van der Waals surface area contributed by atoms with Gasteiger partial charge in [-0.1, -0.05) is 31.2 Å². The highest BCUT2D eigenvalue weighted by Crippen LogP contribution is 2.19. The zero-order valence-electron chi connectivity index (χ0n) is 10.9. The average Bonchev–Trinajstić information content (AvgIpc) is 2.84. The SMILES string of the molecule is CCc1nn2ccccc2c1COc1ccccc1. The first-order valence-electron chi connectivity index (χ1n) is 6.51. The van der Waals surface area contributed by atoms with Crippen LogP contribution >= 0.6 is 0 Å². The molecule has 3 rings (SSSR count). The van der Waals surface area contributed by atoms with Crippen LogP contribution in [-0.2, 0) is 13.0 Å². The molecule has 0 saturated carbocycles. The molecule has 2 heterocycles. The second kappa shape index (κ2) is 5.14. The lowest BCUT2D eigenvalue weighted by Crippen LogP contribution is -1.98. The number of hydrogen-bond donors (Lipinski definition) is 0. The molecule has 0 aliphatic carbocycles. The fourth-order valence-electron chi connectivity index (χ4n) is 2.21. The molecule has 2 aromatic heterocycles. The van der Waals surface area contributed by atoms with E-state index >= 15 is 0 Å². The van der Waals surface area contributed by atoms with Crippen LogP contribution in [0.4, 0.5) is 0 Å². The van der Waals surface area contributed by atoms with Gasteiger partial charge in [0, 0.05) is 11.8 Å². The van der Waals surface area contributed by atoms with Gasteiger partial charge in [0.25, 0.3) is 0 Å². The lowest BCUT2D eigenvalue weighted by molar-refractivity contribution is 0.306. The van der Waals surface area contributed by atoms with Crippen LogP contribution < -0.4 is 4.74 Å². The van der Waals surface area contributed by atoms with Crippen LogP contribution in [0.2, 0.25) is 0 Å². The molecule has 0 saturated heterocycles. The van der Waals surface area contributed by atoms with E-state index in [-0.39, 0.29) is 0 Å². The third kappa shape index (κ3) is 2.32. The molecule has 3 nitrogen and oxygen atoms in total. The van der Waals surface area contributed by atoms with E-state index in [1.165, 1.54) is 5.56 Å². The molecule has 0 amide bonds. The molecule has 0 aliphatic heterocycles. The van der Waals surface area contributed by atoms with Gasteiger partial charge in [0.1, 0.15) is 12.4 Å². The minimum absolute atomic E-state index is 0.556. The van der Waals surface area contributed by atoms with E-state index in [2.05, 4.69) is 18.1 Å². The fourth-order valence-corrected chi connectivity index (χ4v) is 2.21. The van der Waals surface area contributed by atoms with E-state index in [9.17, 15) is 0 Å². The summed E-state index contributed by atoms with van der Waals surface area (Å²) in [6, 6.07) is 16.0.